The Kier molecular flexibility index (Phi) is 6.05. The van der Waals surface area contributed by atoms with Crippen molar-refractivity contribution in [2.24, 2.45) is 0 Å². The molecule has 13 heavy (non-hydrogen) atoms. The van der Waals surface area contributed by atoms with E-state index in [0.717, 1.165) is 6.08 Å². The van der Waals surface area contributed by atoms with Crippen molar-refractivity contribution in [1.82, 2.24) is 0 Å². The van der Waals surface area contributed by atoms with Gasteiger partial charge in [0.1, 0.15) is 6.10 Å². The molecule has 1 unspecified atom stereocenters. The maximum Gasteiger partial charge on any atom is 0.328 e. The largest absolute Gasteiger partial charge is 0.478 e. The van der Waals surface area contributed by atoms with E-state index in [-0.39, 0.29) is 0 Å². The molecule has 0 bridgehead atoms. The van der Waals surface area contributed by atoms with E-state index in [9.17, 15) is 4.79 Å². The molecule has 0 amide bonds. The minimum absolute atomic E-state index is 0.555. The van der Waals surface area contributed by atoms with Crippen LogP contribution >= 0.6 is 0 Å². The van der Waals surface area contributed by atoms with Gasteiger partial charge in [-0.05, 0) is 24.3 Å². The third kappa shape index (κ3) is 8.19. The normalized spacial score (nSPS) is 10.9. The van der Waals surface area contributed by atoms with Gasteiger partial charge in [-0.25, -0.2) is 4.79 Å². The summed E-state index contributed by atoms with van der Waals surface area (Å²) >= 11 is 0. The third-order valence-corrected chi connectivity index (χ3v) is 1.07. The summed E-state index contributed by atoms with van der Waals surface area (Å²) in [6.07, 6.45) is 2.01. The number of hydrogen-bond acceptors (Lipinski definition) is 2. The Morgan fingerprint density at radius 2 is 2.23 bits per heavy atom. The van der Waals surface area contributed by atoms with E-state index in [0.29, 0.717) is 6.42 Å². The molecule has 68 valence electrons. The fourth-order valence-electron chi connectivity index (χ4n) is 0.412. The Hall–Kier alpha value is -1.71. The van der Waals surface area contributed by atoms with Crippen molar-refractivity contribution in [1.29, 1.82) is 0 Å². The number of rotatable bonds is 2. The van der Waals surface area contributed by atoms with Gasteiger partial charge in [0, 0.05) is 6.08 Å². The second-order valence-corrected chi connectivity index (χ2v) is 2.13. The first-order valence-corrected chi connectivity index (χ1v) is 3.75. The molecular formula is C10H10O3. The van der Waals surface area contributed by atoms with Crippen LogP contribution in [0.5, 0.6) is 0 Å². The molecule has 0 rings (SSSR count). The molecule has 0 aliphatic heterocycles. The van der Waals surface area contributed by atoms with Crippen LogP contribution in [0.15, 0.2) is 12.2 Å². The van der Waals surface area contributed by atoms with Gasteiger partial charge >= 0.3 is 5.97 Å². The van der Waals surface area contributed by atoms with Gasteiger partial charge in [-0.3, -0.25) is 0 Å². The summed E-state index contributed by atoms with van der Waals surface area (Å²) in [7, 11) is 0. The average molecular weight is 178 g/mol. The van der Waals surface area contributed by atoms with Gasteiger partial charge in [0.15, 0.2) is 0 Å². The lowest BCUT2D eigenvalue weighted by molar-refractivity contribution is -0.131. The summed E-state index contributed by atoms with van der Waals surface area (Å²) in [4.78, 5) is 9.96. The second-order valence-electron chi connectivity index (χ2n) is 2.13. The minimum Gasteiger partial charge on any atom is -0.478 e. The average Bonchev–Trinajstić information content (AvgIpc) is 2.10. The molecule has 1 atom stereocenters. The van der Waals surface area contributed by atoms with Crippen LogP contribution in [0.25, 0.3) is 0 Å². The van der Waals surface area contributed by atoms with Gasteiger partial charge in [-0.2, -0.15) is 0 Å². The lowest BCUT2D eigenvalue weighted by Crippen LogP contribution is -1.98. The summed E-state index contributed by atoms with van der Waals surface area (Å²) in [6.45, 7) is 1.80. The highest BCUT2D eigenvalue weighted by Crippen LogP contribution is 1.83. The number of aliphatic hydroxyl groups is 1. The molecule has 0 aromatic rings. The summed E-state index contributed by atoms with van der Waals surface area (Å²) in [5.74, 6) is 8.61. The van der Waals surface area contributed by atoms with Crippen LogP contribution in [0.4, 0.5) is 0 Å². The van der Waals surface area contributed by atoms with E-state index in [1.54, 1.807) is 6.92 Å². The van der Waals surface area contributed by atoms with Crippen LogP contribution in [0.3, 0.4) is 0 Å². The number of hydrogen-bond donors (Lipinski definition) is 2. The molecule has 2 N–H and O–H groups in total. The fraction of sp³-hybridized carbons (Fsp3) is 0.300. The van der Waals surface area contributed by atoms with Crippen molar-refractivity contribution in [3.63, 3.8) is 0 Å². The van der Waals surface area contributed by atoms with Gasteiger partial charge in [-0.1, -0.05) is 18.8 Å². The SMILES string of the molecule is CCC(O)C#CC#C/C=C/C(=O)O. The van der Waals surface area contributed by atoms with Gasteiger partial charge in [0.05, 0.1) is 0 Å². The van der Waals surface area contributed by atoms with E-state index in [1.165, 1.54) is 6.08 Å². The van der Waals surface area contributed by atoms with Crippen LogP contribution in [0.1, 0.15) is 13.3 Å². The summed E-state index contributed by atoms with van der Waals surface area (Å²) in [5.41, 5.74) is 0. The molecule has 3 nitrogen and oxygen atoms in total. The van der Waals surface area contributed by atoms with E-state index >= 15 is 0 Å². The number of allylic oxidation sites excluding steroid dienone is 1. The van der Waals surface area contributed by atoms with Crippen LogP contribution in [0.2, 0.25) is 0 Å². The summed E-state index contributed by atoms with van der Waals surface area (Å²) in [6, 6.07) is 0. The summed E-state index contributed by atoms with van der Waals surface area (Å²) < 4.78 is 0. The highest BCUT2D eigenvalue weighted by Gasteiger charge is 1.88. The van der Waals surface area contributed by atoms with Crippen LogP contribution in [0, 0.1) is 23.7 Å². The van der Waals surface area contributed by atoms with Crippen molar-refractivity contribution in [2.45, 2.75) is 19.4 Å². The molecule has 0 aromatic carbocycles. The number of carboxylic acids is 1. The van der Waals surface area contributed by atoms with E-state index in [1.807, 2.05) is 0 Å². The lowest BCUT2D eigenvalue weighted by Gasteiger charge is -1.91. The van der Waals surface area contributed by atoms with Crippen molar-refractivity contribution < 1.29 is 15.0 Å². The topological polar surface area (TPSA) is 57.5 Å². The van der Waals surface area contributed by atoms with Crippen LogP contribution < -0.4 is 0 Å². The zero-order valence-electron chi connectivity index (χ0n) is 7.24. The monoisotopic (exact) mass is 178 g/mol. The van der Waals surface area contributed by atoms with Crippen LogP contribution in [-0.2, 0) is 4.79 Å². The van der Waals surface area contributed by atoms with E-state index < -0.39 is 12.1 Å². The van der Waals surface area contributed by atoms with Crippen molar-refractivity contribution in [3.8, 4) is 23.7 Å². The number of aliphatic carboxylic acids is 1. The Labute approximate surface area is 77.1 Å². The number of carbonyl (C=O) groups is 1. The van der Waals surface area contributed by atoms with Crippen LogP contribution in [-0.4, -0.2) is 22.3 Å². The first-order chi connectivity index (χ1) is 6.16. The van der Waals surface area contributed by atoms with Gasteiger partial charge < -0.3 is 10.2 Å². The van der Waals surface area contributed by atoms with Gasteiger partial charge in [-0.15, -0.1) is 0 Å². The Morgan fingerprint density at radius 3 is 2.77 bits per heavy atom. The Balaban J connectivity index is 3.97. The minimum atomic E-state index is -1.05. The number of carboxylic acid groups (broad SMARTS) is 1. The van der Waals surface area contributed by atoms with Crippen molar-refractivity contribution in [2.75, 3.05) is 0 Å². The summed E-state index contributed by atoms with van der Waals surface area (Å²) in [5, 5.41) is 17.1. The zero-order chi connectivity index (χ0) is 10.1. The first-order valence-electron chi connectivity index (χ1n) is 3.75. The Bertz CT molecular complexity index is 307. The van der Waals surface area contributed by atoms with Crippen molar-refractivity contribution >= 4 is 5.97 Å². The third-order valence-electron chi connectivity index (χ3n) is 1.07. The van der Waals surface area contributed by atoms with Crippen molar-refractivity contribution in [3.05, 3.63) is 12.2 Å². The maximum atomic E-state index is 9.96. The highest BCUT2D eigenvalue weighted by atomic mass is 16.4. The number of aliphatic hydroxyl groups excluding tert-OH is 1. The molecular weight excluding hydrogens is 168 g/mol. The molecule has 0 saturated carbocycles. The van der Waals surface area contributed by atoms with Gasteiger partial charge in [0.2, 0.25) is 0 Å². The second kappa shape index (κ2) is 6.97. The van der Waals surface area contributed by atoms with E-state index in [4.69, 9.17) is 10.2 Å². The smallest absolute Gasteiger partial charge is 0.328 e. The van der Waals surface area contributed by atoms with Gasteiger partial charge in [0.25, 0.3) is 0 Å². The molecule has 0 spiro atoms. The predicted octanol–water partition coefficient (Wildman–Crippen LogP) is 0.405. The van der Waals surface area contributed by atoms with E-state index in [2.05, 4.69) is 23.7 Å². The lowest BCUT2D eigenvalue weighted by atomic mass is 10.3. The predicted molar refractivity (Wildman–Crippen MR) is 48.6 cm³/mol. The molecule has 0 radical (unpaired) electrons. The molecule has 0 aliphatic rings. The molecule has 0 aromatic heterocycles. The molecule has 3 heteroatoms. The zero-order valence-corrected chi connectivity index (χ0v) is 7.24. The first kappa shape index (κ1) is 11.3. The molecule has 0 saturated heterocycles. The molecule has 0 fully saturated rings. The molecule has 0 heterocycles. The fourth-order valence-corrected chi connectivity index (χ4v) is 0.412. The Morgan fingerprint density at radius 1 is 1.54 bits per heavy atom. The highest BCUT2D eigenvalue weighted by molar-refractivity contribution is 5.80. The molecule has 0 aliphatic carbocycles. The quantitative estimate of drug-likeness (QED) is 0.475. The standard InChI is InChI=1S/C10H10O3/c1-2-9(11)7-5-3-4-6-8-10(12)13/h6,8-9,11H,2H2,1H3,(H,12,13)/b8-6+. The maximum absolute atomic E-state index is 9.96.